The minimum Gasteiger partial charge on any atom is -0.385 e. The molecule has 0 heterocycles. The number of nitrogens with zero attached hydrogens (tertiary/aromatic N) is 1. The molecule has 1 aromatic carbocycles. The average Bonchev–Trinajstić information content (AvgIpc) is 2.47. The van der Waals surface area contributed by atoms with E-state index in [4.69, 9.17) is 4.74 Å². The molecule has 0 saturated carbocycles. The van der Waals surface area contributed by atoms with E-state index in [0.29, 0.717) is 26.1 Å². The maximum Gasteiger partial charge on any atom is 0.416 e. The molecule has 0 aliphatic rings. The van der Waals surface area contributed by atoms with Crippen molar-refractivity contribution in [1.82, 2.24) is 10.2 Å². The van der Waals surface area contributed by atoms with Crippen LogP contribution in [0.25, 0.3) is 0 Å². The molecule has 124 valence electrons. The Morgan fingerprint density at radius 1 is 1.27 bits per heavy atom. The number of halogens is 3. The smallest absolute Gasteiger partial charge is 0.385 e. The molecule has 2 amide bonds. The number of amides is 2. The highest BCUT2D eigenvalue weighted by molar-refractivity contribution is 5.73. The number of ether oxygens (including phenoxy) is 1. The van der Waals surface area contributed by atoms with Crippen LogP contribution >= 0.6 is 0 Å². The topological polar surface area (TPSA) is 41.6 Å². The summed E-state index contributed by atoms with van der Waals surface area (Å²) >= 11 is 0. The van der Waals surface area contributed by atoms with Crippen molar-refractivity contribution in [1.29, 1.82) is 0 Å². The molecule has 1 N–H and O–H groups in total. The van der Waals surface area contributed by atoms with E-state index in [9.17, 15) is 18.0 Å². The number of methoxy groups -OCH3 is 1. The zero-order valence-corrected chi connectivity index (χ0v) is 12.7. The number of nitrogens with one attached hydrogen (secondary N) is 1. The van der Waals surface area contributed by atoms with Crippen LogP contribution in [0.5, 0.6) is 0 Å². The van der Waals surface area contributed by atoms with E-state index in [2.05, 4.69) is 5.32 Å². The van der Waals surface area contributed by atoms with Crippen LogP contribution in [0.1, 0.15) is 17.5 Å². The van der Waals surface area contributed by atoms with Crippen molar-refractivity contribution in [2.24, 2.45) is 0 Å². The van der Waals surface area contributed by atoms with Gasteiger partial charge in [-0.1, -0.05) is 12.1 Å². The van der Waals surface area contributed by atoms with Crippen molar-refractivity contribution in [3.63, 3.8) is 0 Å². The van der Waals surface area contributed by atoms with Crippen molar-refractivity contribution >= 4 is 6.03 Å². The molecule has 0 spiro atoms. The van der Waals surface area contributed by atoms with Gasteiger partial charge in [0.2, 0.25) is 0 Å². The second-order valence-electron chi connectivity index (χ2n) is 4.94. The normalized spacial score (nSPS) is 11.3. The van der Waals surface area contributed by atoms with E-state index in [0.717, 1.165) is 24.1 Å². The number of urea groups is 1. The fourth-order valence-electron chi connectivity index (χ4n) is 1.86. The predicted octanol–water partition coefficient (Wildman–Crippen LogP) is 2.93. The number of hydrogen-bond acceptors (Lipinski definition) is 2. The van der Waals surface area contributed by atoms with E-state index >= 15 is 0 Å². The highest BCUT2D eigenvalue weighted by Gasteiger charge is 2.29. The standard InChI is InChI=1S/C15H21F3N2O2/c1-20(10-3-11-22-2)14(21)19-9-8-12-4-6-13(7-5-12)15(16,17)18/h4-7H,3,8-11H2,1-2H3,(H,19,21). The molecule has 0 aromatic heterocycles. The van der Waals surface area contributed by atoms with Crippen molar-refractivity contribution < 1.29 is 22.7 Å². The van der Waals surface area contributed by atoms with Crippen molar-refractivity contribution in [3.8, 4) is 0 Å². The van der Waals surface area contributed by atoms with Gasteiger partial charge in [0.25, 0.3) is 0 Å². The van der Waals surface area contributed by atoms with Gasteiger partial charge in [-0.25, -0.2) is 4.79 Å². The lowest BCUT2D eigenvalue weighted by atomic mass is 10.1. The molecule has 0 aliphatic carbocycles. The third-order valence-corrected chi connectivity index (χ3v) is 3.16. The summed E-state index contributed by atoms with van der Waals surface area (Å²) in [6.07, 6.45) is -3.09. The lowest BCUT2D eigenvalue weighted by Crippen LogP contribution is -2.38. The summed E-state index contributed by atoms with van der Waals surface area (Å²) < 4.78 is 42.2. The van der Waals surface area contributed by atoms with Crippen LogP contribution in [0.2, 0.25) is 0 Å². The van der Waals surface area contributed by atoms with Crippen molar-refractivity contribution in [2.45, 2.75) is 19.0 Å². The number of hydrogen-bond donors (Lipinski definition) is 1. The molecule has 0 radical (unpaired) electrons. The zero-order valence-electron chi connectivity index (χ0n) is 12.7. The number of carbonyl (C=O) groups excluding carboxylic acids is 1. The number of benzene rings is 1. The van der Waals surface area contributed by atoms with E-state index < -0.39 is 11.7 Å². The molecule has 0 atom stereocenters. The lowest BCUT2D eigenvalue weighted by molar-refractivity contribution is -0.137. The fraction of sp³-hybridized carbons (Fsp3) is 0.533. The van der Waals surface area contributed by atoms with Gasteiger partial charge in [-0.3, -0.25) is 0 Å². The summed E-state index contributed by atoms with van der Waals surface area (Å²) in [7, 11) is 3.28. The largest absolute Gasteiger partial charge is 0.416 e. The van der Waals surface area contributed by atoms with Gasteiger partial charge >= 0.3 is 12.2 Å². The predicted molar refractivity (Wildman–Crippen MR) is 77.7 cm³/mol. The Kier molecular flexibility index (Phi) is 7.17. The van der Waals surface area contributed by atoms with Crippen LogP contribution < -0.4 is 5.32 Å². The van der Waals surface area contributed by atoms with Gasteiger partial charge in [-0.2, -0.15) is 13.2 Å². The van der Waals surface area contributed by atoms with Gasteiger partial charge in [-0.15, -0.1) is 0 Å². The molecule has 0 aliphatic heterocycles. The molecular weight excluding hydrogens is 297 g/mol. The summed E-state index contributed by atoms with van der Waals surface area (Å²) in [6.45, 7) is 1.54. The van der Waals surface area contributed by atoms with Gasteiger partial charge < -0.3 is 15.0 Å². The number of rotatable bonds is 7. The Balaban J connectivity index is 2.33. The second-order valence-corrected chi connectivity index (χ2v) is 4.94. The van der Waals surface area contributed by atoms with Crippen LogP contribution in [0.3, 0.4) is 0 Å². The minimum absolute atomic E-state index is 0.206. The highest BCUT2D eigenvalue weighted by atomic mass is 19.4. The van der Waals surface area contributed by atoms with Crippen molar-refractivity contribution in [2.75, 3.05) is 33.9 Å². The first-order valence-electron chi connectivity index (χ1n) is 6.98. The molecule has 4 nitrogen and oxygen atoms in total. The van der Waals surface area contributed by atoms with Crippen LogP contribution in [0, 0.1) is 0 Å². The number of alkyl halides is 3. The molecule has 0 saturated heterocycles. The van der Waals surface area contributed by atoms with E-state index in [-0.39, 0.29) is 6.03 Å². The first-order chi connectivity index (χ1) is 10.3. The molecule has 0 bridgehead atoms. The van der Waals surface area contributed by atoms with Gasteiger partial charge in [0.05, 0.1) is 5.56 Å². The van der Waals surface area contributed by atoms with Crippen LogP contribution in [0.15, 0.2) is 24.3 Å². The van der Waals surface area contributed by atoms with Crippen LogP contribution in [0.4, 0.5) is 18.0 Å². The summed E-state index contributed by atoms with van der Waals surface area (Å²) in [5.41, 5.74) is 0.0773. The van der Waals surface area contributed by atoms with E-state index in [1.807, 2.05) is 0 Å². The summed E-state index contributed by atoms with van der Waals surface area (Å²) in [5, 5.41) is 2.73. The molecule has 22 heavy (non-hydrogen) atoms. The van der Waals surface area contributed by atoms with Crippen LogP contribution in [-0.4, -0.2) is 44.8 Å². The van der Waals surface area contributed by atoms with Crippen molar-refractivity contribution in [3.05, 3.63) is 35.4 Å². The number of carbonyl (C=O) groups is 1. The van der Waals surface area contributed by atoms with E-state index in [1.54, 1.807) is 19.1 Å². The lowest BCUT2D eigenvalue weighted by Gasteiger charge is -2.17. The first kappa shape index (κ1) is 18.3. The van der Waals surface area contributed by atoms with Gasteiger partial charge in [-0.05, 0) is 30.5 Å². The fourth-order valence-corrected chi connectivity index (χ4v) is 1.86. The average molecular weight is 318 g/mol. The Labute approximate surface area is 128 Å². The van der Waals surface area contributed by atoms with E-state index in [1.165, 1.54) is 12.1 Å². The summed E-state index contributed by atoms with van der Waals surface area (Å²) in [6, 6.07) is 4.75. The third kappa shape index (κ3) is 6.34. The molecule has 0 fully saturated rings. The first-order valence-corrected chi connectivity index (χ1v) is 6.98. The second kappa shape index (κ2) is 8.63. The molecule has 0 unspecified atom stereocenters. The maximum absolute atomic E-state index is 12.4. The summed E-state index contributed by atoms with van der Waals surface area (Å²) in [5.74, 6) is 0. The third-order valence-electron chi connectivity index (χ3n) is 3.16. The van der Waals surface area contributed by atoms with Gasteiger partial charge in [0.1, 0.15) is 0 Å². The highest BCUT2D eigenvalue weighted by Crippen LogP contribution is 2.29. The van der Waals surface area contributed by atoms with Gasteiger partial charge in [0.15, 0.2) is 0 Å². The summed E-state index contributed by atoms with van der Waals surface area (Å²) in [4.78, 5) is 13.3. The Hall–Kier alpha value is -1.76. The molecular formula is C15H21F3N2O2. The van der Waals surface area contributed by atoms with Gasteiger partial charge in [0, 0.05) is 33.9 Å². The maximum atomic E-state index is 12.4. The molecule has 7 heteroatoms. The van der Waals surface area contributed by atoms with Crippen LogP contribution in [-0.2, 0) is 17.3 Å². The quantitative estimate of drug-likeness (QED) is 0.786. The minimum atomic E-state index is -4.32. The Morgan fingerprint density at radius 3 is 2.45 bits per heavy atom. The Morgan fingerprint density at radius 2 is 1.91 bits per heavy atom. The Bertz CT molecular complexity index is 461. The zero-order chi connectivity index (χ0) is 16.6. The molecule has 1 rings (SSSR count). The monoisotopic (exact) mass is 318 g/mol. The SMILES string of the molecule is COCCCN(C)C(=O)NCCc1ccc(C(F)(F)F)cc1. The molecule has 1 aromatic rings.